The first-order valence-corrected chi connectivity index (χ1v) is 2.66. The van der Waals surface area contributed by atoms with Crippen LogP contribution in [0.1, 0.15) is 17.2 Å². The molecule has 0 amide bonds. The average molecular weight is 129 g/mol. The summed E-state index contributed by atoms with van der Waals surface area (Å²) in [5.74, 6) is 0. The Morgan fingerprint density at radius 2 is 2.50 bits per heavy atom. The van der Waals surface area contributed by atoms with Gasteiger partial charge in [0.05, 0.1) is 0 Å². The molecule has 3 heteroatoms. The van der Waals surface area contributed by atoms with Gasteiger partial charge in [0.2, 0.25) is 0 Å². The predicted octanol–water partition coefficient (Wildman–Crippen LogP) is 1.59. The minimum atomic E-state index is 0. The molecular formula is C5H7NOS. The molecule has 0 aliphatic carbocycles. The second-order valence-corrected chi connectivity index (χ2v) is 1.91. The molecule has 8 heavy (non-hydrogen) atoms. The smallest absolute Gasteiger partial charge is 0.178 e. The van der Waals surface area contributed by atoms with Crippen LogP contribution in [-0.4, -0.2) is 11.3 Å². The van der Waals surface area contributed by atoms with Gasteiger partial charge in [0.1, 0.15) is 0 Å². The maximum Gasteiger partial charge on any atom is 0.178 e. The summed E-state index contributed by atoms with van der Waals surface area (Å²) in [7, 11) is 0. The third kappa shape index (κ3) is 1.42. The summed E-state index contributed by atoms with van der Waals surface area (Å²) in [5.41, 5.74) is 0. The zero-order valence-electron chi connectivity index (χ0n) is 3.50. The molecule has 0 unspecified atom stereocenters. The number of hydrogen-bond acceptors (Lipinski definition) is 3. The van der Waals surface area contributed by atoms with E-state index in [0.29, 0.717) is 5.01 Å². The first kappa shape index (κ1) is 7.30. The van der Waals surface area contributed by atoms with Gasteiger partial charge in [-0.15, -0.1) is 11.3 Å². The van der Waals surface area contributed by atoms with Gasteiger partial charge in [-0.05, 0) is 0 Å². The van der Waals surface area contributed by atoms with Crippen molar-refractivity contribution in [3.05, 3.63) is 16.6 Å². The second kappa shape index (κ2) is 3.32. The lowest BCUT2D eigenvalue weighted by molar-refractivity contribution is 0.112. The van der Waals surface area contributed by atoms with Crippen LogP contribution in [0.5, 0.6) is 0 Å². The van der Waals surface area contributed by atoms with Crippen molar-refractivity contribution in [1.82, 2.24) is 4.98 Å². The van der Waals surface area contributed by atoms with Gasteiger partial charge in [0.15, 0.2) is 11.3 Å². The van der Waals surface area contributed by atoms with Gasteiger partial charge in [-0.2, -0.15) is 0 Å². The molecule has 1 rings (SSSR count). The molecule has 2 nitrogen and oxygen atoms in total. The minimum absolute atomic E-state index is 0. The molecule has 0 saturated heterocycles. The van der Waals surface area contributed by atoms with Crippen LogP contribution < -0.4 is 0 Å². The summed E-state index contributed by atoms with van der Waals surface area (Å²) in [6, 6.07) is 0. The van der Waals surface area contributed by atoms with Gasteiger partial charge in [0, 0.05) is 11.6 Å². The lowest BCUT2D eigenvalue weighted by Gasteiger charge is -1.65. The van der Waals surface area contributed by atoms with Crippen molar-refractivity contribution in [3.63, 3.8) is 0 Å². The Bertz CT molecular complexity index is 147. The highest BCUT2D eigenvalue weighted by Gasteiger charge is 1.84. The molecule has 1 aromatic rings. The second-order valence-electron chi connectivity index (χ2n) is 0.988. The van der Waals surface area contributed by atoms with Crippen LogP contribution in [-0.2, 0) is 0 Å². The summed E-state index contributed by atoms with van der Waals surface area (Å²) >= 11 is 1.34. The van der Waals surface area contributed by atoms with E-state index in [-0.39, 0.29) is 7.43 Å². The largest absolute Gasteiger partial charge is 0.295 e. The molecule has 0 radical (unpaired) electrons. The fraction of sp³-hybridized carbons (Fsp3) is 0.200. The van der Waals surface area contributed by atoms with Crippen molar-refractivity contribution < 1.29 is 4.79 Å². The lowest BCUT2D eigenvalue weighted by Crippen LogP contribution is -1.69. The zero-order chi connectivity index (χ0) is 5.11. The van der Waals surface area contributed by atoms with Crippen molar-refractivity contribution in [2.75, 3.05) is 0 Å². The van der Waals surface area contributed by atoms with Gasteiger partial charge in [-0.1, -0.05) is 7.43 Å². The topological polar surface area (TPSA) is 30.0 Å². The summed E-state index contributed by atoms with van der Waals surface area (Å²) in [4.78, 5) is 13.5. The monoisotopic (exact) mass is 129 g/mol. The highest BCUT2D eigenvalue weighted by molar-refractivity contribution is 7.11. The summed E-state index contributed by atoms with van der Waals surface area (Å²) in [5, 5.41) is 2.31. The van der Waals surface area contributed by atoms with E-state index in [4.69, 9.17) is 0 Å². The molecule has 0 N–H and O–H groups in total. The molecular weight excluding hydrogens is 122 g/mol. The highest BCUT2D eigenvalue weighted by Crippen LogP contribution is 1.97. The molecule has 0 aromatic carbocycles. The SMILES string of the molecule is C.O=Cc1nccs1. The van der Waals surface area contributed by atoms with Gasteiger partial charge < -0.3 is 0 Å². The lowest BCUT2D eigenvalue weighted by atomic mass is 10.8. The summed E-state index contributed by atoms with van der Waals surface area (Å²) in [6.07, 6.45) is 2.35. The Labute approximate surface area is 52.2 Å². The molecule has 0 aliphatic heterocycles. The van der Waals surface area contributed by atoms with Crippen LogP contribution in [0.2, 0.25) is 0 Å². The van der Waals surface area contributed by atoms with Gasteiger partial charge >= 0.3 is 0 Å². The maximum absolute atomic E-state index is 9.82. The van der Waals surface area contributed by atoms with Crippen molar-refractivity contribution >= 4 is 17.6 Å². The number of hydrogen-bond donors (Lipinski definition) is 0. The first-order valence-electron chi connectivity index (χ1n) is 1.78. The number of thiazole rings is 1. The average Bonchev–Trinajstić information content (AvgIpc) is 2.14. The quantitative estimate of drug-likeness (QED) is 0.539. The molecule has 44 valence electrons. The number of rotatable bonds is 1. The normalized spacial score (nSPS) is 7.50. The van der Waals surface area contributed by atoms with E-state index < -0.39 is 0 Å². The van der Waals surface area contributed by atoms with E-state index in [1.54, 1.807) is 11.6 Å². The standard InChI is InChI=1S/C4H3NOS.CH4/c6-3-4-5-1-2-7-4;/h1-3H;1H4. The van der Waals surface area contributed by atoms with E-state index in [9.17, 15) is 4.79 Å². The van der Waals surface area contributed by atoms with Crippen LogP contribution in [0.25, 0.3) is 0 Å². The molecule has 0 saturated carbocycles. The zero-order valence-corrected chi connectivity index (χ0v) is 4.31. The minimum Gasteiger partial charge on any atom is -0.295 e. The van der Waals surface area contributed by atoms with Crippen LogP contribution in [0.15, 0.2) is 11.6 Å². The molecule has 1 heterocycles. The van der Waals surface area contributed by atoms with E-state index in [0.717, 1.165) is 6.29 Å². The molecule has 0 spiro atoms. The summed E-state index contributed by atoms with van der Waals surface area (Å²) < 4.78 is 0. The summed E-state index contributed by atoms with van der Waals surface area (Å²) in [6.45, 7) is 0. The van der Waals surface area contributed by atoms with Gasteiger partial charge in [-0.25, -0.2) is 4.98 Å². The van der Waals surface area contributed by atoms with Crippen LogP contribution >= 0.6 is 11.3 Å². The Morgan fingerprint density at radius 3 is 2.75 bits per heavy atom. The van der Waals surface area contributed by atoms with E-state index in [1.807, 2.05) is 0 Å². The Balaban J connectivity index is 0.000000490. The fourth-order valence-electron chi connectivity index (χ4n) is 0.293. The fourth-order valence-corrected chi connectivity index (χ4v) is 0.731. The van der Waals surface area contributed by atoms with E-state index in [2.05, 4.69) is 4.98 Å². The number of aromatic nitrogens is 1. The highest BCUT2D eigenvalue weighted by atomic mass is 32.1. The predicted molar refractivity (Wildman–Crippen MR) is 34.2 cm³/mol. The van der Waals surface area contributed by atoms with Crippen LogP contribution in [0.3, 0.4) is 0 Å². The molecule has 0 fully saturated rings. The van der Waals surface area contributed by atoms with Gasteiger partial charge in [0.25, 0.3) is 0 Å². The van der Waals surface area contributed by atoms with E-state index in [1.165, 1.54) is 11.3 Å². The third-order valence-corrected chi connectivity index (χ3v) is 1.25. The van der Waals surface area contributed by atoms with Crippen LogP contribution in [0.4, 0.5) is 0 Å². The van der Waals surface area contributed by atoms with Crippen molar-refractivity contribution in [2.24, 2.45) is 0 Å². The number of carbonyl (C=O) groups excluding carboxylic acids is 1. The number of carbonyl (C=O) groups is 1. The van der Waals surface area contributed by atoms with Gasteiger partial charge in [-0.3, -0.25) is 4.79 Å². The Kier molecular flexibility index (Phi) is 3.03. The Morgan fingerprint density at radius 1 is 1.75 bits per heavy atom. The number of aldehydes is 1. The molecule has 0 bridgehead atoms. The first-order chi connectivity index (χ1) is 3.43. The van der Waals surface area contributed by atoms with Crippen molar-refractivity contribution in [2.45, 2.75) is 7.43 Å². The van der Waals surface area contributed by atoms with Crippen molar-refractivity contribution in [1.29, 1.82) is 0 Å². The molecule has 1 aromatic heterocycles. The molecule has 0 atom stereocenters. The maximum atomic E-state index is 9.82. The van der Waals surface area contributed by atoms with E-state index >= 15 is 0 Å². The number of nitrogens with zero attached hydrogens (tertiary/aromatic N) is 1. The third-order valence-electron chi connectivity index (χ3n) is 0.552. The Hall–Kier alpha value is -0.700. The van der Waals surface area contributed by atoms with Crippen molar-refractivity contribution in [3.8, 4) is 0 Å². The van der Waals surface area contributed by atoms with Crippen LogP contribution in [0, 0.1) is 0 Å². The molecule has 0 aliphatic rings.